The van der Waals surface area contributed by atoms with Gasteiger partial charge in [0, 0.05) is 16.5 Å². The molecule has 9 rings (SSSR count). The number of imide groups is 1. The first-order chi connectivity index (χ1) is 21.7. The number of pyridine rings is 1. The molecular weight excluding hydrogens is 564 g/mol. The van der Waals surface area contributed by atoms with Crippen molar-refractivity contribution in [3.63, 3.8) is 0 Å². The predicted octanol–water partition coefficient (Wildman–Crippen LogP) is 6.50. The number of esters is 1. The summed E-state index contributed by atoms with van der Waals surface area (Å²) in [4.78, 5) is 59.9. The van der Waals surface area contributed by atoms with Crippen molar-refractivity contribution in [1.29, 1.82) is 0 Å². The highest BCUT2D eigenvalue weighted by Gasteiger charge is 2.67. The van der Waals surface area contributed by atoms with Crippen LogP contribution in [0.4, 0.5) is 5.69 Å². The number of aromatic nitrogens is 1. The van der Waals surface area contributed by atoms with Gasteiger partial charge < -0.3 is 4.74 Å². The predicted molar refractivity (Wildman–Crippen MR) is 169 cm³/mol. The second kappa shape index (κ2) is 10.1. The van der Waals surface area contributed by atoms with E-state index in [1.165, 1.54) is 4.90 Å². The molecule has 2 bridgehead atoms. The van der Waals surface area contributed by atoms with Gasteiger partial charge in [-0.3, -0.25) is 19.3 Å². The number of aryl methyl sites for hydroxylation is 2. The van der Waals surface area contributed by atoms with Crippen LogP contribution >= 0.6 is 0 Å². The molecule has 7 unspecified atom stereocenters. The minimum Gasteiger partial charge on any atom is -0.451 e. The second-order valence-corrected chi connectivity index (χ2v) is 13.1. The van der Waals surface area contributed by atoms with Crippen LogP contribution in [0.2, 0.25) is 0 Å². The molecule has 2 saturated carbocycles. The number of rotatable bonds is 6. The van der Waals surface area contributed by atoms with Crippen molar-refractivity contribution >= 4 is 40.2 Å². The number of carbonyl (C=O) groups is 4. The van der Waals surface area contributed by atoms with Crippen LogP contribution in [0.1, 0.15) is 45.2 Å². The van der Waals surface area contributed by atoms with Crippen LogP contribution in [0.25, 0.3) is 22.2 Å². The molecule has 7 heteroatoms. The average molecular weight is 597 g/mol. The zero-order valence-electron chi connectivity index (χ0n) is 25.3. The smallest absolute Gasteiger partial charge is 0.339 e. The number of amides is 2. The SMILES string of the molecule is Cc1ccc(C(=O)C(C)OC(=O)c2cc(-c3ccc(N4C(=O)C5C6C=CC(C7CC67)C5C4=O)cc3)nc3ccc(C)cc23)cc1. The molecule has 1 aromatic heterocycles. The molecule has 1 aliphatic heterocycles. The molecular formula is C38H32N2O5. The lowest BCUT2D eigenvalue weighted by atomic mass is 9.63. The summed E-state index contributed by atoms with van der Waals surface area (Å²) in [6.07, 6.45) is 4.49. The molecule has 0 N–H and O–H groups in total. The van der Waals surface area contributed by atoms with Gasteiger partial charge in [0.05, 0.1) is 34.3 Å². The maximum absolute atomic E-state index is 13.6. The summed E-state index contributed by atoms with van der Waals surface area (Å²) in [5.74, 6) is -0.155. The van der Waals surface area contributed by atoms with Gasteiger partial charge in [-0.15, -0.1) is 0 Å². The largest absolute Gasteiger partial charge is 0.451 e. The van der Waals surface area contributed by atoms with Crippen LogP contribution in [0, 0.1) is 49.4 Å². The first-order valence-electron chi connectivity index (χ1n) is 15.6. The third-order valence-corrected chi connectivity index (χ3v) is 10.3. The average Bonchev–Trinajstić information content (AvgIpc) is 3.83. The third kappa shape index (κ3) is 4.36. The van der Waals surface area contributed by atoms with Crippen molar-refractivity contribution in [3.05, 3.63) is 107 Å². The number of Topliss-reactive ketones (excluding diaryl/α,β-unsaturated/α-hetero) is 1. The van der Waals surface area contributed by atoms with E-state index in [1.54, 1.807) is 37.3 Å². The number of anilines is 1. The second-order valence-electron chi connectivity index (χ2n) is 13.1. The lowest BCUT2D eigenvalue weighted by Gasteiger charge is -2.37. The van der Waals surface area contributed by atoms with Crippen molar-refractivity contribution in [2.75, 3.05) is 4.90 Å². The highest BCUT2D eigenvalue weighted by Crippen LogP contribution is 2.65. The zero-order chi connectivity index (χ0) is 31.1. The molecule has 3 fully saturated rings. The van der Waals surface area contributed by atoms with E-state index in [9.17, 15) is 19.2 Å². The standard InChI is InChI=1S/C38H32N2O5/c1-19-4-7-23(8-5-19)35(41)21(3)45-38(44)30-18-32(39-31-15-6-20(2)16-29(30)31)22-9-11-24(12-10-22)40-36(42)33-25-13-14-26(28-17-27(25)28)34(33)37(40)43/h4-16,18,21,25-28,33-34H,17H2,1-3H3. The van der Waals surface area contributed by atoms with Gasteiger partial charge >= 0.3 is 5.97 Å². The van der Waals surface area contributed by atoms with E-state index < -0.39 is 12.1 Å². The van der Waals surface area contributed by atoms with E-state index >= 15 is 0 Å². The van der Waals surface area contributed by atoms with Gasteiger partial charge in [0.2, 0.25) is 17.6 Å². The van der Waals surface area contributed by atoms with E-state index in [0.717, 1.165) is 23.1 Å². The molecule has 7 nitrogen and oxygen atoms in total. The van der Waals surface area contributed by atoms with Crippen molar-refractivity contribution < 1.29 is 23.9 Å². The molecule has 5 aliphatic rings. The van der Waals surface area contributed by atoms with Gasteiger partial charge in [0.25, 0.3) is 0 Å². The number of carbonyl (C=O) groups excluding carboxylic acids is 4. The van der Waals surface area contributed by atoms with Gasteiger partial charge in [-0.2, -0.15) is 0 Å². The van der Waals surface area contributed by atoms with Crippen LogP contribution in [-0.2, 0) is 14.3 Å². The minimum absolute atomic E-state index is 0.0963. The zero-order valence-corrected chi connectivity index (χ0v) is 25.3. The van der Waals surface area contributed by atoms with Gasteiger partial charge in [0.15, 0.2) is 6.10 Å². The molecule has 3 aromatic carbocycles. The van der Waals surface area contributed by atoms with E-state index in [-0.39, 0.29) is 41.3 Å². The fraction of sp³-hybridized carbons (Fsp3) is 0.289. The van der Waals surface area contributed by atoms with Crippen molar-refractivity contribution in [1.82, 2.24) is 4.98 Å². The van der Waals surface area contributed by atoms with Crippen molar-refractivity contribution in [2.24, 2.45) is 35.5 Å². The number of nitrogens with zero attached hydrogens (tertiary/aromatic N) is 2. The fourth-order valence-corrected chi connectivity index (χ4v) is 7.88. The summed E-state index contributed by atoms with van der Waals surface area (Å²) in [6, 6.07) is 21.7. The van der Waals surface area contributed by atoms with Crippen LogP contribution < -0.4 is 4.90 Å². The molecule has 7 atom stereocenters. The van der Waals surface area contributed by atoms with Gasteiger partial charge in [0.1, 0.15) is 0 Å². The topological polar surface area (TPSA) is 93.6 Å². The quantitative estimate of drug-likeness (QED) is 0.109. The summed E-state index contributed by atoms with van der Waals surface area (Å²) in [5.41, 5.74) is 5.20. The van der Waals surface area contributed by atoms with Gasteiger partial charge in [-0.05, 0) is 81.2 Å². The van der Waals surface area contributed by atoms with E-state index in [2.05, 4.69) is 12.2 Å². The Kier molecular flexibility index (Phi) is 6.17. The Labute approximate surface area is 260 Å². The lowest BCUT2D eigenvalue weighted by molar-refractivity contribution is -0.124. The normalized spacial score (nSPS) is 26.5. The molecule has 45 heavy (non-hydrogen) atoms. The van der Waals surface area contributed by atoms with E-state index in [1.807, 2.05) is 56.3 Å². The molecule has 2 heterocycles. The fourth-order valence-electron chi connectivity index (χ4n) is 7.88. The lowest BCUT2D eigenvalue weighted by Crippen LogP contribution is -2.40. The number of hydrogen-bond donors (Lipinski definition) is 0. The number of ketones is 1. The van der Waals surface area contributed by atoms with Gasteiger partial charge in [-0.1, -0.05) is 65.7 Å². The number of ether oxygens (including phenoxy) is 1. The molecule has 0 radical (unpaired) electrons. The molecule has 0 spiro atoms. The molecule has 4 aliphatic carbocycles. The van der Waals surface area contributed by atoms with Crippen molar-refractivity contribution in [3.8, 4) is 11.3 Å². The maximum Gasteiger partial charge on any atom is 0.339 e. The van der Waals surface area contributed by atoms with Crippen LogP contribution in [0.5, 0.6) is 0 Å². The highest BCUT2D eigenvalue weighted by molar-refractivity contribution is 6.22. The van der Waals surface area contributed by atoms with Gasteiger partial charge in [-0.25, -0.2) is 9.78 Å². The van der Waals surface area contributed by atoms with Crippen molar-refractivity contribution in [2.45, 2.75) is 33.3 Å². The summed E-state index contributed by atoms with van der Waals surface area (Å²) >= 11 is 0. The van der Waals surface area contributed by atoms with E-state index in [4.69, 9.17) is 9.72 Å². The van der Waals surface area contributed by atoms with E-state index in [0.29, 0.717) is 45.2 Å². The summed E-state index contributed by atoms with van der Waals surface area (Å²) < 4.78 is 5.71. The summed E-state index contributed by atoms with van der Waals surface area (Å²) in [5, 5.41) is 0.632. The monoisotopic (exact) mass is 596 g/mol. The summed E-state index contributed by atoms with van der Waals surface area (Å²) in [6.45, 7) is 5.46. The van der Waals surface area contributed by atoms with Crippen LogP contribution in [0.3, 0.4) is 0 Å². The Morgan fingerprint density at radius 2 is 1.44 bits per heavy atom. The maximum atomic E-state index is 13.6. The Morgan fingerprint density at radius 1 is 0.822 bits per heavy atom. The number of hydrogen-bond acceptors (Lipinski definition) is 6. The first kappa shape index (κ1) is 27.6. The van der Waals surface area contributed by atoms with Crippen LogP contribution in [0.15, 0.2) is 84.9 Å². The molecule has 1 saturated heterocycles. The Hall–Kier alpha value is -4.91. The summed E-state index contributed by atoms with van der Waals surface area (Å²) in [7, 11) is 0. The number of allylic oxidation sites excluding steroid dienone is 2. The minimum atomic E-state index is -0.980. The molecule has 2 amide bonds. The molecule has 4 aromatic rings. The highest BCUT2D eigenvalue weighted by atomic mass is 16.5. The first-order valence-corrected chi connectivity index (χ1v) is 15.6. The Morgan fingerprint density at radius 3 is 2.09 bits per heavy atom. The Bertz CT molecular complexity index is 1920. The Balaban J connectivity index is 1.08. The number of benzene rings is 3. The van der Waals surface area contributed by atoms with Crippen LogP contribution in [-0.4, -0.2) is 34.7 Å². The third-order valence-electron chi connectivity index (χ3n) is 10.3. The molecule has 224 valence electrons. The number of fused-ring (bicyclic) bond motifs is 1.